The third kappa shape index (κ3) is 1.85. The van der Waals surface area contributed by atoms with Crippen LogP contribution in [0.3, 0.4) is 0 Å². The molecule has 5 aliphatic rings. The summed E-state index contributed by atoms with van der Waals surface area (Å²) in [6, 6.07) is 0. The number of nitrogens with one attached hydrogen (secondary N) is 1. The molecule has 0 aliphatic heterocycles. The van der Waals surface area contributed by atoms with Gasteiger partial charge in [0.15, 0.2) is 0 Å². The normalized spacial score (nSPS) is 47.2. The van der Waals surface area contributed by atoms with Crippen molar-refractivity contribution < 1.29 is 4.79 Å². The second kappa shape index (κ2) is 4.13. The van der Waals surface area contributed by atoms with E-state index in [1.165, 1.54) is 37.8 Å². The van der Waals surface area contributed by atoms with Crippen LogP contribution in [0.15, 0.2) is 5.10 Å². The average Bonchev–Trinajstić information content (AvgIpc) is 2.88. The lowest BCUT2D eigenvalue weighted by atomic mass is 9.55. The number of hydrogen-bond acceptors (Lipinski definition) is 2. The monoisotopic (exact) mass is 314 g/mol. The molecule has 3 nitrogen and oxygen atoms in total. The molecule has 4 bridgehead atoms. The zero-order valence-corrected chi connectivity index (χ0v) is 13.2. The highest BCUT2D eigenvalue weighted by atomic mass is 35.5. The summed E-state index contributed by atoms with van der Waals surface area (Å²) in [5.41, 5.74) is 3.31. The standard InChI is InChI=1S/C15H20Cl2N2O/c1-14(7-15(14,16)17)13(20)19-18-12-10-3-8-2-9(5-10)6-11(12)4-8/h8-11H,2-7H2,1H3,(H,19,20). The van der Waals surface area contributed by atoms with Gasteiger partial charge in [-0.2, -0.15) is 5.10 Å². The van der Waals surface area contributed by atoms with E-state index in [0.717, 1.165) is 11.8 Å². The molecule has 5 fully saturated rings. The van der Waals surface area contributed by atoms with E-state index in [-0.39, 0.29) is 5.91 Å². The predicted octanol–water partition coefficient (Wildman–Crippen LogP) is 3.50. The van der Waals surface area contributed by atoms with Crippen LogP contribution in [0, 0.1) is 29.1 Å². The summed E-state index contributed by atoms with van der Waals surface area (Å²) in [6.07, 6.45) is 7.02. The van der Waals surface area contributed by atoms with Crippen molar-refractivity contribution in [3.05, 3.63) is 0 Å². The van der Waals surface area contributed by atoms with Gasteiger partial charge in [-0.05, 0) is 69.1 Å². The van der Waals surface area contributed by atoms with Gasteiger partial charge in [0.05, 0.1) is 5.41 Å². The van der Waals surface area contributed by atoms with Gasteiger partial charge in [0.1, 0.15) is 4.33 Å². The summed E-state index contributed by atoms with van der Waals surface area (Å²) >= 11 is 12.1. The molecule has 0 heterocycles. The number of rotatable bonds is 2. The minimum Gasteiger partial charge on any atom is -0.272 e. The average molecular weight is 315 g/mol. The number of carbonyl (C=O) groups excluding carboxylic acids is 1. The van der Waals surface area contributed by atoms with Gasteiger partial charge >= 0.3 is 0 Å². The van der Waals surface area contributed by atoms with E-state index < -0.39 is 9.75 Å². The lowest BCUT2D eigenvalue weighted by Gasteiger charge is -2.50. The van der Waals surface area contributed by atoms with Crippen LogP contribution in [0.5, 0.6) is 0 Å². The zero-order chi connectivity index (χ0) is 14.1. The van der Waals surface area contributed by atoms with E-state index in [4.69, 9.17) is 23.2 Å². The lowest BCUT2D eigenvalue weighted by molar-refractivity contribution is -0.125. The van der Waals surface area contributed by atoms with Crippen molar-refractivity contribution in [2.45, 2.75) is 49.8 Å². The van der Waals surface area contributed by atoms with Gasteiger partial charge in [0.2, 0.25) is 5.91 Å². The minimum atomic E-state index is -0.915. The highest BCUT2D eigenvalue weighted by molar-refractivity contribution is 6.53. The third-order valence-electron chi connectivity index (χ3n) is 6.02. The first-order valence-corrected chi connectivity index (χ1v) is 8.40. The van der Waals surface area contributed by atoms with Crippen LogP contribution in [-0.2, 0) is 4.79 Å². The Morgan fingerprint density at radius 2 is 1.65 bits per heavy atom. The molecule has 1 unspecified atom stereocenters. The number of halogens is 2. The number of nitrogens with zero attached hydrogens (tertiary/aromatic N) is 1. The van der Waals surface area contributed by atoms with E-state index >= 15 is 0 Å². The van der Waals surface area contributed by atoms with E-state index in [1.54, 1.807) is 6.92 Å². The van der Waals surface area contributed by atoms with Gasteiger partial charge in [-0.15, -0.1) is 23.2 Å². The highest BCUT2D eigenvalue weighted by Gasteiger charge is 2.68. The number of hydrogen-bond donors (Lipinski definition) is 1. The number of alkyl halides is 2. The Balaban J connectivity index is 1.47. The van der Waals surface area contributed by atoms with Crippen molar-refractivity contribution in [1.29, 1.82) is 0 Å². The van der Waals surface area contributed by atoms with E-state index in [9.17, 15) is 4.79 Å². The Morgan fingerprint density at radius 1 is 1.15 bits per heavy atom. The van der Waals surface area contributed by atoms with Gasteiger partial charge in [0.25, 0.3) is 0 Å². The number of carbonyl (C=O) groups is 1. The topological polar surface area (TPSA) is 41.5 Å². The van der Waals surface area contributed by atoms with Crippen LogP contribution in [0.2, 0.25) is 0 Å². The van der Waals surface area contributed by atoms with E-state index in [1.807, 2.05) is 0 Å². The Kier molecular flexibility index (Phi) is 2.77. The summed E-state index contributed by atoms with van der Waals surface area (Å²) < 4.78 is -0.915. The molecule has 5 rings (SSSR count). The maximum absolute atomic E-state index is 12.2. The lowest BCUT2D eigenvalue weighted by Crippen LogP contribution is -2.46. The molecule has 20 heavy (non-hydrogen) atoms. The second-order valence-corrected chi connectivity index (χ2v) is 8.98. The van der Waals surface area contributed by atoms with Crippen LogP contribution in [0.25, 0.3) is 0 Å². The molecule has 0 aromatic rings. The zero-order valence-electron chi connectivity index (χ0n) is 11.7. The summed E-state index contributed by atoms with van der Waals surface area (Å²) in [6.45, 7) is 1.80. The van der Waals surface area contributed by atoms with Gasteiger partial charge in [-0.25, -0.2) is 5.43 Å². The molecular weight excluding hydrogens is 295 g/mol. The Hall–Kier alpha value is -0.280. The number of amides is 1. The molecule has 0 radical (unpaired) electrons. The molecule has 1 N–H and O–H groups in total. The van der Waals surface area contributed by atoms with Crippen LogP contribution < -0.4 is 5.43 Å². The van der Waals surface area contributed by atoms with Gasteiger partial charge in [0, 0.05) is 5.71 Å². The van der Waals surface area contributed by atoms with Crippen LogP contribution in [-0.4, -0.2) is 16.0 Å². The largest absolute Gasteiger partial charge is 0.272 e. The van der Waals surface area contributed by atoms with E-state index in [0.29, 0.717) is 18.3 Å². The van der Waals surface area contributed by atoms with Crippen molar-refractivity contribution in [2.24, 2.45) is 34.2 Å². The summed E-state index contributed by atoms with van der Waals surface area (Å²) in [5, 5.41) is 4.49. The second-order valence-electron chi connectivity index (χ2n) is 7.50. The van der Waals surface area contributed by atoms with Crippen molar-refractivity contribution >= 4 is 34.8 Å². The summed E-state index contributed by atoms with van der Waals surface area (Å²) in [7, 11) is 0. The van der Waals surface area contributed by atoms with Gasteiger partial charge < -0.3 is 0 Å². The molecule has 5 aliphatic carbocycles. The predicted molar refractivity (Wildman–Crippen MR) is 79.8 cm³/mol. The van der Waals surface area contributed by atoms with Crippen molar-refractivity contribution in [3.8, 4) is 0 Å². The Bertz CT molecular complexity index is 472. The first kappa shape index (κ1) is 13.4. The SMILES string of the molecule is CC1(C(=O)NN=C2C3CC4CC(C3)CC2C4)CC1(Cl)Cl. The Morgan fingerprint density at radius 3 is 2.10 bits per heavy atom. The summed E-state index contributed by atoms with van der Waals surface area (Å²) in [4.78, 5) is 12.2. The maximum Gasteiger partial charge on any atom is 0.249 e. The van der Waals surface area contributed by atoms with Crippen molar-refractivity contribution in [1.82, 2.24) is 5.43 Å². The fourth-order valence-electron chi connectivity index (χ4n) is 4.73. The van der Waals surface area contributed by atoms with Crippen molar-refractivity contribution in [3.63, 3.8) is 0 Å². The molecular formula is C15H20Cl2N2O. The van der Waals surface area contributed by atoms with Crippen molar-refractivity contribution in [2.75, 3.05) is 0 Å². The molecule has 110 valence electrons. The highest BCUT2D eigenvalue weighted by Crippen LogP contribution is 2.63. The molecule has 0 aromatic carbocycles. The maximum atomic E-state index is 12.2. The Labute approximate surface area is 129 Å². The van der Waals surface area contributed by atoms with Crippen LogP contribution >= 0.6 is 23.2 Å². The molecule has 0 spiro atoms. The quantitative estimate of drug-likeness (QED) is 0.615. The smallest absolute Gasteiger partial charge is 0.249 e. The molecule has 5 heteroatoms. The van der Waals surface area contributed by atoms with Gasteiger partial charge in [-0.1, -0.05) is 0 Å². The van der Waals surface area contributed by atoms with Crippen LogP contribution in [0.4, 0.5) is 0 Å². The molecule has 1 amide bonds. The third-order valence-corrected chi connectivity index (χ3v) is 7.12. The van der Waals surface area contributed by atoms with E-state index in [2.05, 4.69) is 10.5 Å². The fourth-order valence-corrected chi connectivity index (χ4v) is 5.44. The summed E-state index contributed by atoms with van der Waals surface area (Å²) in [5.74, 6) is 2.90. The van der Waals surface area contributed by atoms with Gasteiger partial charge in [-0.3, -0.25) is 4.79 Å². The first-order valence-electron chi connectivity index (χ1n) is 7.65. The minimum absolute atomic E-state index is 0.135. The number of hydrazone groups is 1. The molecule has 0 saturated heterocycles. The molecule has 0 aromatic heterocycles. The first-order chi connectivity index (χ1) is 9.39. The van der Waals surface area contributed by atoms with Crippen LogP contribution in [0.1, 0.15) is 45.4 Å². The molecule has 5 saturated carbocycles. The molecule has 1 atom stereocenters. The fraction of sp³-hybridized carbons (Fsp3) is 0.867.